The summed E-state index contributed by atoms with van der Waals surface area (Å²) in [5.41, 5.74) is 2.04. The van der Waals surface area contributed by atoms with Gasteiger partial charge in [0.15, 0.2) is 0 Å². The molecule has 4 nitrogen and oxygen atoms in total. The third kappa shape index (κ3) is 4.50. The molecule has 1 heterocycles. The number of nitrogens with zero attached hydrogens (tertiary/aromatic N) is 1. The smallest absolute Gasteiger partial charge is 0.243 e. The second-order valence-electron chi connectivity index (χ2n) is 6.86. The lowest BCUT2D eigenvalue weighted by atomic mass is 9.98. The minimum absolute atomic E-state index is 0.210. The maximum Gasteiger partial charge on any atom is 0.243 e. The summed E-state index contributed by atoms with van der Waals surface area (Å²) in [7, 11) is -3.38. The molecule has 0 atom stereocenters. The Hall–Kier alpha value is -1.76. The minimum Gasteiger partial charge on any atom is -0.312 e. The van der Waals surface area contributed by atoms with Gasteiger partial charge in [0.25, 0.3) is 0 Å². The van der Waals surface area contributed by atoms with E-state index in [0.29, 0.717) is 30.4 Å². The first-order valence-corrected chi connectivity index (χ1v) is 10.4. The SMILES string of the molecule is Cc1cc(F)ccc1CNCC1CCN(S(=O)(=O)c2ccccc2)CC1. The number of sulfonamides is 1. The van der Waals surface area contributed by atoms with E-state index in [0.717, 1.165) is 30.5 Å². The first kappa shape index (κ1) is 19.0. The molecule has 0 unspecified atom stereocenters. The lowest BCUT2D eigenvalue weighted by Crippen LogP contribution is -2.40. The lowest BCUT2D eigenvalue weighted by molar-refractivity contribution is 0.267. The molecule has 1 aliphatic rings. The van der Waals surface area contributed by atoms with Gasteiger partial charge in [0, 0.05) is 19.6 Å². The lowest BCUT2D eigenvalue weighted by Gasteiger charge is -2.31. The topological polar surface area (TPSA) is 49.4 Å². The number of piperidine rings is 1. The van der Waals surface area contributed by atoms with Crippen LogP contribution in [0.3, 0.4) is 0 Å². The van der Waals surface area contributed by atoms with Crippen LogP contribution in [0.2, 0.25) is 0 Å². The van der Waals surface area contributed by atoms with Gasteiger partial charge in [-0.25, -0.2) is 12.8 Å². The molecule has 0 saturated carbocycles. The van der Waals surface area contributed by atoms with E-state index in [4.69, 9.17) is 0 Å². The average Bonchev–Trinajstić information content (AvgIpc) is 2.65. The number of rotatable bonds is 6. The van der Waals surface area contributed by atoms with Crippen LogP contribution in [0.5, 0.6) is 0 Å². The van der Waals surface area contributed by atoms with Gasteiger partial charge in [0.05, 0.1) is 4.90 Å². The summed E-state index contributed by atoms with van der Waals surface area (Å²) in [6.07, 6.45) is 1.70. The predicted molar refractivity (Wildman–Crippen MR) is 101 cm³/mol. The van der Waals surface area contributed by atoms with Gasteiger partial charge in [-0.15, -0.1) is 0 Å². The molecule has 1 aliphatic heterocycles. The molecule has 26 heavy (non-hydrogen) atoms. The summed E-state index contributed by atoms with van der Waals surface area (Å²) >= 11 is 0. The molecule has 1 saturated heterocycles. The van der Waals surface area contributed by atoms with E-state index in [2.05, 4.69) is 5.32 Å². The summed E-state index contributed by atoms with van der Waals surface area (Å²) < 4.78 is 40.0. The van der Waals surface area contributed by atoms with E-state index < -0.39 is 10.0 Å². The van der Waals surface area contributed by atoms with Crippen molar-refractivity contribution in [1.29, 1.82) is 0 Å². The van der Waals surface area contributed by atoms with Gasteiger partial charge in [-0.2, -0.15) is 4.31 Å². The van der Waals surface area contributed by atoms with Crippen molar-refractivity contribution in [3.8, 4) is 0 Å². The van der Waals surface area contributed by atoms with Gasteiger partial charge in [-0.05, 0) is 67.6 Å². The zero-order valence-corrected chi connectivity index (χ0v) is 15.8. The maximum absolute atomic E-state index is 13.1. The molecule has 3 rings (SSSR count). The Morgan fingerprint density at radius 1 is 1.12 bits per heavy atom. The molecule has 0 bridgehead atoms. The summed E-state index contributed by atoms with van der Waals surface area (Å²) in [6.45, 7) is 4.57. The number of hydrogen-bond donors (Lipinski definition) is 1. The van der Waals surface area contributed by atoms with Crippen molar-refractivity contribution in [3.63, 3.8) is 0 Å². The predicted octanol–water partition coefficient (Wildman–Crippen LogP) is 3.32. The first-order chi connectivity index (χ1) is 12.5. The van der Waals surface area contributed by atoms with E-state index in [9.17, 15) is 12.8 Å². The van der Waals surface area contributed by atoms with Crippen molar-refractivity contribution in [2.24, 2.45) is 5.92 Å². The first-order valence-electron chi connectivity index (χ1n) is 8.98. The highest BCUT2D eigenvalue weighted by Gasteiger charge is 2.28. The highest BCUT2D eigenvalue weighted by molar-refractivity contribution is 7.89. The van der Waals surface area contributed by atoms with Crippen LogP contribution in [0.1, 0.15) is 24.0 Å². The second kappa shape index (κ2) is 8.29. The number of hydrogen-bond acceptors (Lipinski definition) is 3. The summed E-state index contributed by atoms with van der Waals surface area (Å²) in [5.74, 6) is 0.247. The zero-order valence-electron chi connectivity index (χ0n) is 15.0. The van der Waals surface area contributed by atoms with Crippen molar-refractivity contribution in [2.75, 3.05) is 19.6 Å². The third-order valence-corrected chi connectivity index (χ3v) is 6.92. The quantitative estimate of drug-likeness (QED) is 0.841. The molecule has 2 aromatic carbocycles. The monoisotopic (exact) mass is 376 g/mol. The molecule has 0 aliphatic carbocycles. The Kier molecular flexibility index (Phi) is 6.06. The molecule has 1 N–H and O–H groups in total. The molecule has 0 aromatic heterocycles. The molecular formula is C20H25FN2O2S. The van der Waals surface area contributed by atoms with E-state index in [1.54, 1.807) is 34.6 Å². The van der Waals surface area contributed by atoms with Crippen LogP contribution >= 0.6 is 0 Å². The number of benzene rings is 2. The fourth-order valence-electron chi connectivity index (χ4n) is 3.36. The van der Waals surface area contributed by atoms with Crippen molar-refractivity contribution in [1.82, 2.24) is 9.62 Å². The molecule has 0 amide bonds. The van der Waals surface area contributed by atoms with Crippen LogP contribution in [0.15, 0.2) is 53.4 Å². The Bertz CT molecular complexity index is 832. The average molecular weight is 376 g/mol. The second-order valence-corrected chi connectivity index (χ2v) is 8.80. The molecule has 0 spiro atoms. The number of halogens is 1. The zero-order chi connectivity index (χ0) is 18.6. The van der Waals surface area contributed by atoms with Crippen molar-refractivity contribution >= 4 is 10.0 Å². The minimum atomic E-state index is -3.38. The van der Waals surface area contributed by atoms with Gasteiger partial charge >= 0.3 is 0 Å². The largest absolute Gasteiger partial charge is 0.312 e. The Morgan fingerprint density at radius 3 is 2.46 bits per heavy atom. The summed E-state index contributed by atoms with van der Waals surface area (Å²) in [6, 6.07) is 13.5. The summed E-state index contributed by atoms with van der Waals surface area (Å²) in [4.78, 5) is 0.364. The van der Waals surface area contributed by atoms with E-state index >= 15 is 0 Å². The maximum atomic E-state index is 13.1. The van der Waals surface area contributed by atoms with Gasteiger partial charge < -0.3 is 5.32 Å². The van der Waals surface area contributed by atoms with Crippen LogP contribution in [0.4, 0.5) is 4.39 Å². The third-order valence-electron chi connectivity index (χ3n) is 5.01. The van der Waals surface area contributed by atoms with Crippen LogP contribution < -0.4 is 5.32 Å². The molecule has 1 fully saturated rings. The normalized spacial score (nSPS) is 16.7. The highest BCUT2D eigenvalue weighted by Crippen LogP contribution is 2.23. The van der Waals surface area contributed by atoms with Gasteiger partial charge in [0.1, 0.15) is 5.82 Å². The van der Waals surface area contributed by atoms with Crippen LogP contribution in [0.25, 0.3) is 0 Å². The number of nitrogens with one attached hydrogen (secondary N) is 1. The van der Waals surface area contributed by atoms with Crippen LogP contribution in [-0.4, -0.2) is 32.4 Å². The van der Waals surface area contributed by atoms with Crippen LogP contribution in [-0.2, 0) is 16.6 Å². The van der Waals surface area contributed by atoms with Gasteiger partial charge in [-0.3, -0.25) is 0 Å². The molecule has 2 aromatic rings. The fraction of sp³-hybridized carbons (Fsp3) is 0.400. The van der Waals surface area contributed by atoms with Crippen molar-refractivity contribution in [3.05, 3.63) is 65.5 Å². The molecular weight excluding hydrogens is 351 g/mol. The molecule has 140 valence electrons. The molecule has 0 radical (unpaired) electrons. The Labute approximate surface area is 155 Å². The fourth-order valence-corrected chi connectivity index (χ4v) is 4.85. The van der Waals surface area contributed by atoms with Gasteiger partial charge in [-0.1, -0.05) is 24.3 Å². The van der Waals surface area contributed by atoms with Crippen molar-refractivity contribution in [2.45, 2.75) is 31.2 Å². The van der Waals surface area contributed by atoms with E-state index in [-0.39, 0.29) is 5.82 Å². The van der Waals surface area contributed by atoms with E-state index in [1.165, 1.54) is 6.07 Å². The Balaban J connectivity index is 1.48. The number of aryl methyl sites for hydroxylation is 1. The highest BCUT2D eigenvalue weighted by atomic mass is 32.2. The van der Waals surface area contributed by atoms with Crippen molar-refractivity contribution < 1.29 is 12.8 Å². The van der Waals surface area contributed by atoms with Crippen LogP contribution in [0, 0.1) is 18.7 Å². The van der Waals surface area contributed by atoms with E-state index in [1.807, 2.05) is 19.1 Å². The summed E-state index contributed by atoms with van der Waals surface area (Å²) in [5, 5.41) is 3.43. The Morgan fingerprint density at radius 2 is 1.81 bits per heavy atom. The molecule has 6 heteroatoms. The standard InChI is InChI=1S/C20H25FN2O2S/c1-16-13-19(21)8-7-18(16)15-22-14-17-9-11-23(12-10-17)26(24,25)20-5-3-2-4-6-20/h2-8,13,17,22H,9-12,14-15H2,1H3. The van der Waals surface area contributed by atoms with Gasteiger partial charge in [0.2, 0.25) is 10.0 Å².